The van der Waals surface area contributed by atoms with E-state index in [0.29, 0.717) is 5.92 Å². The molecule has 0 aliphatic carbocycles. The Morgan fingerprint density at radius 2 is 1.57 bits per heavy atom. The molecular formula is C29H30Si. The first-order chi connectivity index (χ1) is 14.5. The molecule has 1 saturated heterocycles. The van der Waals surface area contributed by atoms with Crippen LogP contribution in [0.2, 0.25) is 12.1 Å². The normalized spacial score (nSPS) is 22.4. The first kappa shape index (κ1) is 18.4. The van der Waals surface area contributed by atoms with Crippen molar-refractivity contribution in [2.24, 2.45) is 5.92 Å². The molecule has 0 aromatic heterocycles. The van der Waals surface area contributed by atoms with Gasteiger partial charge in [-0.2, -0.15) is 0 Å². The van der Waals surface area contributed by atoms with E-state index in [2.05, 4.69) is 88.4 Å². The van der Waals surface area contributed by atoms with E-state index in [1.807, 2.05) is 0 Å². The SMILES string of the molecule is Cc1c2ccccc2c(C(C)C)c2c3c(ccc12)[Si]1(CCC(C)C1)c1ccccc1-3. The van der Waals surface area contributed by atoms with Crippen LogP contribution in [0.25, 0.3) is 32.7 Å². The molecule has 1 fully saturated rings. The quantitative estimate of drug-likeness (QED) is 0.236. The van der Waals surface area contributed by atoms with E-state index in [4.69, 9.17) is 0 Å². The summed E-state index contributed by atoms with van der Waals surface area (Å²) in [4.78, 5) is 0. The third-order valence-corrected chi connectivity index (χ3v) is 13.5. The summed E-state index contributed by atoms with van der Waals surface area (Å²) in [7, 11) is -1.63. The summed E-state index contributed by atoms with van der Waals surface area (Å²) in [5.41, 5.74) is 6.14. The van der Waals surface area contributed by atoms with Gasteiger partial charge in [-0.15, -0.1) is 0 Å². The Kier molecular flexibility index (Phi) is 3.87. The average Bonchev–Trinajstić information content (AvgIpc) is 3.27. The molecule has 0 saturated carbocycles. The zero-order valence-electron chi connectivity index (χ0n) is 18.5. The van der Waals surface area contributed by atoms with Crippen molar-refractivity contribution in [3.63, 3.8) is 0 Å². The monoisotopic (exact) mass is 406 g/mol. The van der Waals surface area contributed by atoms with Crippen LogP contribution in [0.1, 0.15) is 44.2 Å². The first-order valence-electron chi connectivity index (χ1n) is 11.6. The molecule has 4 aromatic rings. The highest BCUT2D eigenvalue weighted by Gasteiger charge is 2.49. The summed E-state index contributed by atoms with van der Waals surface area (Å²) in [6.45, 7) is 9.55. The van der Waals surface area contributed by atoms with Crippen molar-refractivity contribution in [1.29, 1.82) is 0 Å². The molecule has 2 heterocycles. The third kappa shape index (κ3) is 2.22. The lowest BCUT2D eigenvalue weighted by Gasteiger charge is -2.25. The summed E-state index contributed by atoms with van der Waals surface area (Å²) < 4.78 is 0. The number of rotatable bonds is 1. The Morgan fingerprint density at radius 3 is 2.30 bits per heavy atom. The van der Waals surface area contributed by atoms with Gasteiger partial charge in [-0.3, -0.25) is 0 Å². The van der Waals surface area contributed by atoms with Crippen LogP contribution in [0.5, 0.6) is 0 Å². The molecule has 2 unspecified atom stereocenters. The minimum absolute atomic E-state index is 0.498. The molecule has 0 amide bonds. The lowest BCUT2D eigenvalue weighted by Crippen LogP contribution is -2.52. The molecule has 30 heavy (non-hydrogen) atoms. The van der Waals surface area contributed by atoms with Gasteiger partial charge in [-0.25, -0.2) is 0 Å². The number of benzene rings is 4. The molecule has 0 radical (unpaired) electrons. The van der Waals surface area contributed by atoms with E-state index in [1.165, 1.54) is 40.2 Å². The zero-order valence-corrected chi connectivity index (χ0v) is 19.5. The molecule has 6 rings (SSSR count). The predicted octanol–water partition coefficient (Wildman–Crippen LogP) is 7.01. The second-order valence-electron chi connectivity index (χ2n) is 10.1. The maximum atomic E-state index is 2.55. The van der Waals surface area contributed by atoms with Gasteiger partial charge in [0.15, 0.2) is 0 Å². The van der Waals surface area contributed by atoms with Gasteiger partial charge in [0, 0.05) is 0 Å². The minimum Gasteiger partial charge on any atom is -0.0628 e. The summed E-state index contributed by atoms with van der Waals surface area (Å²) in [6, 6.07) is 26.4. The van der Waals surface area contributed by atoms with Gasteiger partial charge in [-0.1, -0.05) is 87.9 Å². The van der Waals surface area contributed by atoms with Gasteiger partial charge in [0.1, 0.15) is 8.07 Å². The number of hydrogen-bond acceptors (Lipinski definition) is 0. The Morgan fingerprint density at radius 1 is 0.833 bits per heavy atom. The standard InChI is InChI=1S/C29H30Si/c1-18(2)27-23-10-6-5-9-21(23)20(4)22-13-14-26-28(29(22)27)24-11-7-8-12-25(24)30(26)16-15-19(3)17-30/h5-14,18-19H,15-17H2,1-4H3. The van der Waals surface area contributed by atoms with Gasteiger partial charge in [0.25, 0.3) is 0 Å². The van der Waals surface area contributed by atoms with Crippen molar-refractivity contribution in [2.45, 2.75) is 52.1 Å². The van der Waals surface area contributed by atoms with Crippen molar-refractivity contribution in [3.8, 4) is 11.1 Å². The van der Waals surface area contributed by atoms with Crippen LogP contribution in [0.3, 0.4) is 0 Å². The molecule has 1 heteroatoms. The molecule has 1 spiro atoms. The second-order valence-corrected chi connectivity index (χ2v) is 14.3. The van der Waals surface area contributed by atoms with Crippen molar-refractivity contribution < 1.29 is 0 Å². The maximum absolute atomic E-state index is 2.55. The van der Waals surface area contributed by atoms with Crippen LogP contribution < -0.4 is 10.4 Å². The van der Waals surface area contributed by atoms with E-state index in [-0.39, 0.29) is 0 Å². The van der Waals surface area contributed by atoms with Gasteiger partial charge in [-0.05, 0) is 85.0 Å². The number of aryl methyl sites for hydroxylation is 1. The smallest absolute Gasteiger partial charge is 0.0628 e. The molecule has 2 aliphatic rings. The molecule has 2 atom stereocenters. The van der Waals surface area contributed by atoms with Gasteiger partial charge in [0.2, 0.25) is 0 Å². The van der Waals surface area contributed by atoms with Gasteiger partial charge in [0.05, 0.1) is 0 Å². The Labute approximate surface area is 181 Å². The highest BCUT2D eigenvalue weighted by atomic mass is 28.3. The van der Waals surface area contributed by atoms with E-state index < -0.39 is 8.07 Å². The van der Waals surface area contributed by atoms with Crippen LogP contribution in [0.4, 0.5) is 0 Å². The molecule has 4 aromatic carbocycles. The number of fused-ring (bicyclic) bond motifs is 8. The fraction of sp³-hybridized carbons (Fsp3) is 0.310. The van der Waals surface area contributed by atoms with Crippen molar-refractivity contribution >= 4 is 40.0 Å². The Hall–Kier alpha value is -2.38. The maximum Gasteiger partial charge on any atom is 0.120 e. The molecule has 0 nitrogen and oxygen atoms in total. The summed E-state index contributed by atoms with van der Waals surface area (Å²) in [5.74, 6) is 1.35. The summed E-state index contributed by atoms with van der Waals surface area (Å²) in [5, 5.41) is 9.33. The summed E-state index contributed by atoms with van der Waals surface area (Å²) >= 11 is 0. The molecule has 0 bridgehead atoms. The largest absolute Gasteiger partial charge is 0.120 e. The van der Waals surface area contributed by atoms with Gasteiger partial charge < -0.3 is 0 Å². The van der Waals surface area contributed by atoms with E-state index in [9.17, 15) is 0 Å². The predicted molar refractivity (Wildman–Crippen MR) is 134 cm³/mol. The van der Waals surface area contributed by atoms with Gasteiger partial charge >= 0.3 is 0 Å². The fourth-order valence-electron chi connectivity index (χ4n) is 6.84. The molecule has 0 N–H and O–H groups in total. The molecular weight excluding hydrogens is 376 g/mol. The highest BCUT2D eigenvalue weighted by molar-refractivity contribution is 7.06. The van der Waals surface area contributed by atoms with Crippen molar-refractivity contribution in [2.75, 3.05) is 0 Å². The lowest BCUT2D eigenvalue weighted by atomic mass is 9.84. The lowest BCUT2D eigenvalue weighted by molar-refractivity contribution is 0.658. The van der Waals surface area contributed by atoms with E-state index >= 15 is 0 Å². The topological polar surface area (TPSA) is 0 Å². The second kappa shape index (κ2) is 6.31. The number of hydrogen-bond donors (Lipinski definition) is 0. The van der Waals surface area contributed by atoms with Crippen LogP contribution >= 0.6 is 0 Å². The minimum atomic E-state index is -1.63. The molecule has 2 aliphatic heterocycles. The third-order valence-electron chi connectivity index (χ3n) is 8.07. The fourth-order valence-corrected chi connectivity index (χ4v) is 13.0. The highest BCUT2D eigenvalue weighted by Crippen LogP contribution is 2.47. The van der Waals surface area contributed by atoms with Crippen LogP contribution in [0, 0.1) is 12.8 Å². The Balaban J connectivity index is 1.85. The van der Waals surface area contributed by atoms with Crippen molar-refractivity contribution in [3.05, 3.63) is 71.8 Å². The average molecular weight is 407 g/mol. The summed E-state index contributed by atoms with van der Waals surface area (Å²) in [6.07, 6.45) is 1.39. The van der Waals surface area contributed by atoms with Crippen LogP contribution in [-0.2, 0) is 0 Å². The van der Waals surface area contributed by atoms with Crippen molar-refractivity contribution in [1.82, 2.24) is 0 Å². The van der Waals surface area contributed by atoms with E-state index in [1.54, 1.807) is 32.5 Å². The zero-order chi connectivity index (χ0) is 20.6. The molecule has 150 valence electrons. The Bertz CT molecular complexity index is 1330. The van der Waals surface area contributed by atoms with Crippen LogP contribution in [-0.4, -0.2) is 8.07 Å². The first-order valence-corrected chi connectivity index (χ1v) is 14.0. The van der Waals surface area contributed by atoms with E-state index in [0.717, 1.165) is 5.92 Å². The van der Waals surface area contributed by atoms with Crippen LogP contribution in [0.15, 0.2) is 60.7 Å².